The first-order valence-corrected chi connectivity index (χ1v) is 11.9. The Morgan fingerprint density at radius 3 is 2.81 bits per heavy atom. The molecule has 36 heavy (non-hydrogen) atoms. The van der Waals surface area contributed by atoms with Crippen molar-refractivity contribution >= 4 is 17.2 Å². The molecule has 5 heterocycles. The molecule has 0 aliphatic carbocycles. The maximum absolute atomic E-state index is 9.69. The summed E-state index contributed by atoms with van der Waals surface area (Å²) in [6.07, 6.45) is 6.27. The Kier molecular flexibility index (Phi) is 6.56. The Morgan fingerprint density at radius 2 is 2.11 bits per heavy atom. The van der Waals surface area contributed by atoms with Crippen molar-refractivity contribution in [3.63, 3.8) is 0 Å². The highest BCUT2D eigenvalue weighted by molar-refractivity contribution is 5.88. The Balaban J connectivity index is 1.46. The number of hydrogen-bond acceptors (Lipinski definition) is 9. The molecule has 4 aromatic heterocycles. The Bertz CT molecular complexity index is 1390. The minimum Gasteiger partial charge on any atom is -0.492 e. The van der Waals surface area contributed by atoms with Crippen LogP contribution in [0.3, 0.4) is 0 Å². The number of nitrogens with two attached hydrogens (primary N) is 1. The maximum Gasteiger partial charge on any atom is 0.212 e. The van der Waals surface area contributed by atoms with Gasteiger partial charge in [-0.3, -0.25) is 0 Å². The predicted molar refractivity (Wildman–Crippen MR) is 137 cm³/mol. The van der Waals surface area contributed by atoms with Crippen LogP contribution in [-0.2, 0) is 6.42 Å². The van der Waals surface area contributed by atoms with E-state index in [0.29, 0.717) is 29.3 Å². The van der Waals surface area contributed by atoms with Crippen molar-refractivity contribution in [1.82, 2.24) is 24.9 Å². The highest BCUT2D eigenvalue weighted by atomic mass is 16.5. The molecule has 0 saturated carbocycles. The molecule has 0 aromatic carbocycles. The van der Waals surface area contributed by atoms with Crippen LogP contribution in [0.25, 0.3) is 16.6 Å². The van der Waals surface area contributed by atoms with Gasteiger partial charge in [0.1, 0.15) is 23.2 Å². The lowest BCUT2D eigenvalue weighted by atomic mass is 10.0. The number of ether oxygens (including phenoxy) is 2. The van der Waals surface area contributed by atoms with E-state index >= 15 is 0 Å². The molecule has 0 spiro atoms. The van der Waals surface area contributed by atoms with Crippen LogP contribution >= 0.6 is 0 Å². The first-order chi connectivity index (χ1) is 17.6. The van der Waals surface area contributed by atoms with Gasteiger partial charge in [0.25, 0.3) is 0 Å². The number of anilines is 2. The van der Waals surface area contributed by atoms with Crippen LogP contribution in [0.5, 0.6) is 11.6 Å². The number of methoxy groups -OCH3 is 1. The molecule has 0 radical (unpaired) electrons. The van der Waals surface area contributed by atoms with Crippen LogP contribution in [0.2, 0.25) is 0 Å². The van der Waals surface area contributed by atoms with Gasteiger partial charge < -0.3 is 25.4 Å². The number of piperazine rings is 1. The number of nitriles is 1. The summed E-state index contributed by atoms with van der Waals surface area (Å²) in [5, 5.41) is 17.5. The van der Waals surface area contributed by atoms with E-state index in [4.69, 9.17) is 20.2 Å². The molecular weight excluding hydrogens is 456 g/mol. The Hall–Kier alpha value is -4.36. The maximum atomic E-state index is 9.69. The van der Waals surface area contributed by atoms with Gasteiger partial charge in [0, 0.05) is 55.3 Å². The lowest BCUT2D eigenvalue weighted by molar-refractivity contribution is 0.338. The van der Waals surface area contributed by atoms with E-state index in [1.54, 1.807) is 17.8 Å². The molecule has 3 N–H and O–H groups in total. The first-order valence-electron chi connectivity index (χ1n) is 11.9. The van der Waals surface area contributed by atoms with Gasteiger partial charge in [0.05, 0.1) is 25.4 Å². The SMILES string of the molecule is CCOc1cc(-c2ccc(N3CCNCC3Cc3ccc(OC)nc3)nc2)c2c(C#N)c(N)nn2c1. The molecule has 184 valence electrons. The van der Waals surface area contributed by atoms with E-state index in [1.807, 2.05) is 43.6 Å². The number of nitrogen functional groups attached to an aromatic ring is 1. The number of pyridine rings is 3. The number of aromatic nitrogens is 4. The van der Waals surface area contributed by atoms with Gasteiger partial charge in [0.15, 0.2) is 5.82 Å². The van der Waals surface area contributed by atoms with Crippen LogP contribution in [0, 0.1) is 11.3 Å². The highest BCUT2D eigenvalue weighted by Gasteiger charge is 2.24. The highest BCUT2D eigenvalue weighted by Crippen LogP contribution is 2.33. The minimum absolute atomic E-state index is 0.189. The number of fused-ring (bicyclic) bond motifs is 1. The van der Waals surface area contributed by atoms with E-state index in [1.165, 1.54) is 0 Å². The van der Waals surface area contributed by atoms with Gasteiger partial charge in [-0.2, -0.15) is 5.26 Å². The summed E-state index contributed by atoms with van der Waals surface area (Å²) in [7, 11) is 1.62. The van der Waals surface area contributed by atoms with Gasteiger partial charge in [-0.05, 0) is 37.1 Å². The van der Waals surface area contributed by atoms with Crippen molar-refractivity contribution in [1.29, 1.82) is 5.26 Å². The predicted octanol–water partition coefficient (Wildman–Crippen LogP) is 2.67. The Labute approximate surface area is 209 Å². The molecule has 10 heteroatoms. The first kappa shape index (κ1) is 23.4. The topological polar surface area (TPSA) is 127 Å². The fourth-order valence-corrected chi connectivity index (χ4v) is 4.63. The molecule has 1 atom stereocenters. The smallest absolute Gasteiger partial charge is 0.212 e. The zero-order valence-corrected chi connectivity index (χ0v) is 20.3. The van der Waals surface area contributed by atoms with Crippen LogP contribution in [0.1, 0.15) is 18.1 Å². The minimum atomic E-state index is 0.189. The van der Waals surface area contributed by atoms with Crippen LogP contribution in [-0.4, -0.2) is 59.0 Å². The van der Waals surface area contributed by atoms with Gasteiger partial charge >= 0.3 is 0 Å². The zero-order valence-electron chi connectivity index (χ0n) is 20.3. The molecular formula is C26H28N8O2. The van der Waals surface area contributed by atoms with Crippen LogP contribution < -0.4 is 25.4 Å². The molecule has 5 rings (SSSR count). The second kappa shape index (κ2) is 10.1. The van der Waals surface area contributed by atoms with E-state index < -0.39 is 0 Å². The summed E-state index contributed by atoms with van der Waals surface area (Å²) >= 11 is 0. The number of nitrogens with zero attached hydrogens (tertiary/aromatic N) is 6. The molecule has 1 saturated heterocycles. The zero-order chi connectivity index (χ0) is 25.1. The monoisotopic (exact) mass is 484 g/mol. The largest absolute Gasteiger partial charge is 0.492 e. The molecule has 1 aliphatic heterocycles. The summed E-state index contributed by atoms with van der Waals surface area (Å²) in [5.41, 5.74) is 9.79. The summed E-state index contributed by atoms with van der Waals surface area (Å²) in [5.74, 6) is 2.34. The fourth-order valence-electron chi connectivity index (χ4n) is 4.63. The number of rotatable bonds is 7. The average Bonchev–Trinajstić information content (AvgIpc) is 3.24. The second-order valence-electron chi connectivity index (χ2n) is 8.56. The average molecular weight is 485 g/mol. The molecule has 10 nitrogen and oxygen atoms in total. The van der Waals surface area contributed by atoms with Gasteiger partial charge in [-0.25, -0.2) is 14.5 Å². The number of hydrogen-bond donors (Lipinski definition) is 2. The van der Waals surface area contributed by atoms with Crippen molar-refractivity contribution in [2.24, 2.45) is 0 Å². The number of nitrogens with one attached hydrogen (secondary N) is 1. The third-order valence-electron chi connectivity index (χ3n) is 6.33. The van der Waals surface area contributed by atoms with Crippen molar-refractivity contribution in [3.05, 3.63) is 60.0 Å². The van der Waals surface area contributed by atoms with Crippen LogP contribution in [0.15, 0.2) is 48.9 Å². The molecule has 1 unspecified atom stereocenters. The molecule has 0 amide bonds. The summed E-state index contributed by atoms with van der Waals surface area (Å²) in [6, 6.07) is 12.3. The molecule has 4 aromatic rings. The van der Waals surface area contributed by atoms with E-state index in [2.05, 4.69) is 32.4 Å². The van der Waals surface area contributed by atoms with Gasteiger partial charge in [0.2, 0.25) is 5.88 Å². The van der Waals surface area contributed by atoms with Crippen molar-refractivity contribution in [3.8, 4) is 28.8 Å². The van der Waals surface area contributed by atoms with Crippen molar-refractivity contribution < 1.29 is 9.47 Å². The quantitative estimate of drug-likeness (QED) is 0.407. The Morgan fingerprint density at radius 1 is 1.22 bits per heavy atom. The molecule has 1 aliphatic rings. The summed E-state index contributed by atoms with van der Waals surface area (Å²) < 4.78 is 12.5. The van der Waals surface area contributed by atoms with E-state index in [0.717, 1.165) is 48.6 Å². The van der Waals surface area contributed by atoms with Gasteiger partial charge in [-0.15, -0.1) is 5.10 Å². The standard InChI is InChI=1S/C26H28N8O2/c1-3-36-20-11-21(25-22(12-27)26(28)32-34(25)16-20)18-5-6-23(30-14-18)33-9-8-29-15-19(33)10-17-4-7-24(35-2)31-13-17/h4-7,11,13-14,16,19,29H,3,8-10,15H2,1-2H3,(H2,28,32). The van der Waals surface area contributed by atoms with E-state index in [9.17, 15) is 5.26 Å². The van der Waals surface area contributed by atoms with E-state index in [-0.39, 0.29) is 11.9 Å². The van der Waals surface area contributed by atoms with Crippen LogP contribution in [0.4, 0.5) is 11.6 Å². The second-order valence-corrected chi connectivity index (χ2v) is 8.56. The lowest BCUT2D eigenvalue weighted by Gasteiger charge is -2.37. The fraction of sp³-hybridized carbons (Fsp3) is 0.308. The molecule has 0 bridgehead atoms. The third kappa shape index (κ3) is 4.48. The van der Waals surface area contributed by atoms with Crippen molar-refractivity contribution in [2.45, 2.75) is 19.4 Å². The third-order valence-corrected chi connectivity index (χ3v) is 6.33. The normalized spacial score (nSPS) is 15.6. The van der Waals surface area contributed by atoms with Gasteiger partial charge in [-0.1, -0.05) is 6.07 Å². The van der Waals surface area contributed by atoms with Crippen molar-refractivity contribution in [2.75, 3.05) is 44.0 Å². The lowest BCUT2D eigenvalue weighted by Crippen LogP contribution is -2.52. The molecule has 1 fully saturated rings. The summed E-state index contributed by atoms with van der Waals surface area (Å²) in [4.78, 5) is 11.5. The summed E-state index contributed by atoms with van der Waals surface area (Å²) in [6.45, 7) is 5.02.